The summed E-state index contributed by atoms with van der Waals surface area (Å²) in [6.45, 7) is 1.70. The van der Waals surface area contributed by atoms with Crippen molar-refractivity contribution in [3.8, 4) is 6.07 Å². The molecule has 7 nitrogen and oxygen atoms in total. The fourth-order valence-electron chi connectivity index (χ4n) is 3.36. The van der Waals surface area contributed by atoms with Crippen molar-refractivity contribution >= 4 is 29.0 Å². The molecule has 9 heteroatoms. The van der Waals surface area contributed by atoms with E-state index in [1.54, 1.807) is 13.0 Å². The number of hydrogen-bond donors (Lipinski definition) is 3. The van der Waals surface area contributed by atoms with Gasteiger partial charge in [-0.25, -0.2) is 4.39 Å². The molecule has 3 rings (SSSR count). The Bertz CT molecular complexity index is 921. The van der Waals surface area contributed by atoms with Crippen LogP contribution in [0.3, 0.4) is 0 Å². The van der Waals surface area contributed by atoms with Gasteiger partial charge in [0.2, 0.25) is 0 Å². The standard InChI is InChI=1S/C18H19ClFN5O2/c1-18(27)5-4-15(10(7-18)8-21)25-9-12(16(22)26)17(24-25)23-11-2-3-13(19)14(20)6-11/h2-3,6,9-10,15,27H,4-5,7H2,1H3,(H2,22,26)(H,23,24). The molecule has 27 heavy (non-hydrogen) atoms. The van der Waals surface area contributed by atoms with Crippen LogP contribution in [0, 0.1) is 23.1 Å². The highest BCUT2D eigenvalue weighted by atomic mass is 35.5. The molecule has 0 saturated heterocycles. The monoisotopic (exact) mass is 391 g/mol. The van der Waals surface area contributed by atoms with E-state index in [1.165, 1.54) is 23.0 Å². The lowest BCUT2D eigenvalue weighted by Gasteiger charge is -2.36. The van der Waals surface area contributed by atoms with Crippen molar-refractivity contribution in [2.45, 2.75) is 37.8 Å². The summed E-state index contributed by atoms with van der Waals surface area (Å²) in [6, 6.07) is 6.02. The van der Waals surface area contributed by atoms with E-state index in [9.17, 15) is 19.6 Å². The zero-order valence-corrected chi connectivity index (χ0v) is 15.4. The maximum atomic E-state index is 13.7. The van der Waals surface area contributed by atoms with Crippen LogP contribution in [0.5, 0.6) is 0 Å². The van der Waals surface area contributed by atoms with Gasteiger partial charge in [0.05, 0.1) is 28.7 Å². The van der Waals surface area contributed by atoms with Gasteiger partial charge in [0.1, 0.15) is 11.4 Å². The average Bonchev–Trinajstić information content (AvgIpc) is 3.01. The Kier molecular flexibility index (Phi) is 5.09. The Morgan fingerprint density at radius 2 is 2.33 bits per heavy atom. The summed E-state index contributed by atoms with van der Waals surface area (Å²) in [4.78, 5) is 11.8. The third-order valence-corrected chi connectivity index (χ3v) is 5.09. The van der Waals surface area contributed by atoms with Crippen molar-refractivity contribution in [3.63, 3.8) is 0 Å². The van der Waals surface area contributed by atoms with Crippen LogP contribution in [0.1, 0.15) is 42.6 Å². The van der Waals surface area contributed by atoms with Crippen LogP contribution in [0.2, 0.25) is 5.02 Å². The summed E-state index contributed by atoms with van der Waals surface area (Å²) in [5.74, 6) is -1.61. The fraction of sp³-hybridized carbons (Fsp3) is 0.389. The Labute approximate surface area is 160 Å². The van der Waals surface area contributed by atoms with Crippen molar-refractivity contribution < 1.29 is 14.3 Å². The van der Waals surface area contributed by atoms with Gasteiger partial charge in [-0.15, -0.1) is 0 Å². The number of carbonyl (C=O) groups is 1. The van der Waals surface area contributed by atoms with Crippen LogP contribution in [-0.2, 0) is 0 Å². The Morgan fingerprint density at radius 3 is 2.96 bits per heavy atom. The van der Waals surface area contributed by atoms with Gasteiger partial charge in [-0.05, 0) is 44.4 Å². The van der Waals surface area contributed by atoms with Gasteiger partial charge in [-0.3, -0.25) is 9.48 Å². The number of nitrogens with zero attached hydrogens (tertiary/aromatic N) is 3. The van der Waals surface area contributed by atoms with Gasteiger partial charge >= 0.3 is 0 Å². The first-order valence-corrected chi connectivity index (χ1v) is 8.81. The number of halogens is 2. The number of rotatable bonds is 4. The Hall–Kier alpha value is -2.63. The van der Waals surface area contributed by atoms with E-state index in [-0.39, 0.29) is 22.4 Å². The molecule has 1 amide bonds. The lowest BCUT2D eigenvalue weighted by molar-refractivity contribution is -0.00689. The number of anilines is 2. The van der Waals surface area contributed by atoms with Crippen LogP contribution < -0.4 is 11.1 Å². The largest absolute Gasteiger partial charge is 0.390 e. The first-order valence-electron chi connectivity index (χ1n) is 8.43. The Morgan fingerprint density at radius 1 is 1.59 bits per heavy atom. The number of amides is 1. The molecule has 142 valence electrons. The number of aliphatic hydroxyl groups is 1. The average molecular weight is 392 g/mol. The van der Waals surface area contributed by atoms with Gasteiger partial charge in [0.25, 0.3) is 5.91 Å². The van der Waals surface area contributed by atoms with E-state index in [2.05, 4.69) is 16.5 Å². The molecule has 2 aromatic rings. The van der Waals surface area contributed by atoms with Crippen molar-refractivity contribution in [2.24, 2.45) is 11.7 Å². The lowest BCUT2D eigenvalue weighted by atomic mass is 9.77. The van der Waals surface area contributed by atoms with Gasteiger partial charge in [-0.1, -0.05) is 11.6 Å². The fourth-order valence-corrected chi connectivity index (χ4v) is 3.48. The van der Waals surface area contributed by atoms with Gasteiger partial charge < -0.3 is 16.2 Å². The molecule has 0 aliphatic heterocycles. The van der Waals surface area contributed by atoms with E-state index < -0.39 is 23.2 Å². The molecule has 3 atom stereocenters. The molecular weight excluding hydrogens is 373 g/mol. The predicted octanol–water partition coefficient (Wildman–Crippen LogP) is 3.13. The highest BCUT2D eigenvalue weighted by Gasteiger charge is 2.38. The van der Waals surface area contributed by atoms with Crippen LogP contribution in [0.25, 0.3) is 0 Å². The smallest absolute Gasteiger partial charge is 0.254 e. The van der Waals surface area contributed by atoms with E-state index in [1.807, 2.05) is 0 Å². The minimum Gasteiger partial charge on any atom is -0.390 e. The van der Waals surface area contributed by atoms with Crippen LogP contribution >= 0.6 is 11.6 Å². The predicted molar refractivity (Wildman–Crippen MR) is 98.1 cm³/mol. The second kappa shape index (κ2) is 7.18. The number of nitriles is 1. The zero-order chi connectivity index (χ0) is 19.8. The number of primary amides is 1. The molecule has 1 aliphatic carbocycles. The number of carbonyl (C=O) groups excluding carboxylic acids is 1. The minimum atomic E-state index is -0.904. The number of benzene rings is 1. The molecule has 3 unspecified atom stereocenters. The summed E-state index contributed by atoms with van der Waals surface area (Å²) in [5.41, 5.74) is 5.02. The van der Waals surface area contributed by atoms with Crippen molar-refractivity contribution in [3.05, 3.63) is 40.8 Å². The van der Waals surface area contributed by atoms with Gasteiger partial charge in [0.15, 0.2) is 5.82 Å². The van der Waals surface area contributed by atoms with Crippen LogP contribution in [0.4, 0.5) is 15.9 Å². The topological polar surface area (TPSA) is 117 Å². The summed E-state index contributed by atoms with van der Waals surface area (Å²) < 4.78 is 15.2. The van der Waals surface area contributed by atoms with E-state index >= 15 is 0 Å². The van der Waals surface area contributed by atoms with E-state index in [0.717, 1.165) is 0 Å². The molecule has 0 bridgehead atoms. The zero-order valence-electron chi connectivity index (χ0n) is 14.6. The number of hydrogen-bond acceptors (Lipinski definition) is 5. The molecule has 1 heterocycles. The maximum absolute atomic E-state index is 13.7. The molecule has 1 aliphatic rings. The highest BCUT2D eigenvalue weighted by molar-refractivity contribution is 6.30. The van der Waals surface area contributed by atoms with Crippen LogP contribution in [-0.4, -0.2) is 26.4 Å². The summed E-state index contributed by atoms with van der Waals surface area (Å²) in [5, 5.41) is 26.9. The molecule has 1 aromatic carbocycles. The molecule has 1 aromatic heterocycles. The molecule has 0 spiro atoms. The SMILES string of the molecule is CC1(O)CCC(n2cc(C(N)=O)c(Nc3ccc(Cl)c(F)c3)n2)C(C#N)C1. The summed E-state index contributed by atoms with van der Waals surface area (Å²) in [6.07, 6.45) is 2.82. The van der Waals surface area contributed by atoms with Crippen molar-refractivity contribution in [2.75, 3.05) is 5.32 Å². The quantitative estimate of drug-likeness (QED) is 0.740. The summed E-state index contributed by atoms with van der Waals surface area (Å²) in [7, 11) is 0. The Balaban J connectivity index is 1.92. The van der Waals surface area contributed by atoms with Crippen LogP contribution in [0.15, 0.2) is 24.4 Å². The van der Waals surface area contributed by atoms with Crippen molar-refractivity contribution in [1.82, 2.24) is 9.78 Å². The maximum Gasteiger partial charge on any atom is 0.254 e. The van der Waals surface area contributed by atoms with Crippen molar-refractivity contribution in [1.29, 1.82) is 5.26 Å². The second-order valence-electron chi connectivity index (χ2n) is 7.03. The normalized spacial score (nSPS) is 25.0. The molecule has 1 fully saturated rings. The third kappa shape index (κ3) is 4.04. The van der Waals surface area contributed by atoms with E-state index in [0.29, 0.717) is 24.9 Å². The first-order chi connectivity index (χ1) is 12.7. The summed E-state index contributed by atoms with van der Waals surface area (Å²) >= 11 is 5.68. The highest BCUT2D eigenvalue weighted by Crippen LogP contribution is 2.39. The lowest BCUT2D eigenvalue weighted by Crippen LogP contribution is -2.37. The second-order valence-corrected chi connectivity index (χ2v) is 7.44. The number of nitrogens with two attached hydrogens (primary N) is 1. The van der Waals surface area contributed by atoms with Gasteiger partial charge in [-0.2, -0.15) is 10.4 Å². The number of nitrogens with one attached hydrogen (secondary N) is 1. The third-order valence-electron chi connectivity index (χ3n) is 4.79. The van der Waals surface area contributed by atoms with Gasteiger partial charge in [0, 0.05) is 11.9 Å². The minimum absolute atomic E-state index is 0.0210. The molecular formula is C18H19ClFN5O2. The van der Waals surface area contributed by atoms with E-state index in [4.69, 9.17) is 17.3 Å². The number of aromatic nitrogens is 2. The first kappa shape index (κ1) is 19.1. The molecule has 1 saturated carbocycles. The molecule has 0 radical (unpaired) electrons. The molecule has 4 N–H and O–H groups in total.